The zero-order valence-corrected chi connectivity index (χ0v) is 27.4. The smallest absolute Gasteiger partial charge is 0.0950 e. The number of aromatic nitrogens is 1. The van der Waals surface area contributed by atoms with E-state index < -0.39 is 5.41 Å². The molecule has 1 aromatic heterocycles. The lowest BCUT2D eigenvalue weighted by Gasteiger charge is -2.35. The second-order valence-corrected chi connectivity index (χ2v) is 13.5. The quantitative estimate of drug-likeness (QED) is 0.188. The molecule has 0 amide bonds. The van der Waals surface area contributed by atoms with Crippen LogP contribution in [0.25, 0.3) is 32.9 Å². The van der Waals surface area contributed by atoms with Crippen LogP contribution >= 0.6 is 0 Å². The highest BCUT2D eigenvalue weighted by atomic mass is 15.4. The van der Waals surface area contributed by atoms with E-state index in [1.165, 1.54) is 77.8 Å². The number of benzene rings is 7. The Morgan fingerprint density at radius 3 is 1.94 bits per heavy atom. The number of nitrogens with zero attached hydrogens (tertiary/aromatic N) is 3. The molecule has 3 nitrogen and oxygen atoms in total. The average Bonchev–Trinajstić information content (AvgIpc) is 3.78. The van der Waals surface area contributed by atoms with Crippen molar-refractivity contribution in [3.63, 3.8) is 0 Å². The van der Waals surface area contributed by atoms with Crippen molar-refractivity contribution in [3.05, 3.63) is 198 Å². The van der Waals surface area contributed by atoms with E-state index in [1.807, 2.05) is 0 Å². The lowest BCUT2D eigenvalue weighted by molar-refractivity contribution is 0.768. The van der Waals surface area contributed by atoms with Crippen molar-refractivity contribution in [2.75, 3.05) is 23.5 Å². The maximum absolute atomic E-state index is 2.49. The highest BCUT2D eigenvalue weighted by Gasteiger charge is 2.46. The third-order valence-corrected chi connectivity index (χ3v) is 10.9. The minimum absolute atomic E-state index is 0.495. The highest BCUT2D eigenvalue weighted by Crippen LogP contribution is 2.57. The zero-order valence-electron chi connectivity index (χ0n) is 27.4. The first-order valence-corrected chi connectivity index (χ1v) is 17.1. The van der Waals surface area contributed by atoms with Crippen LogP contribution in [0.3, 0.4) is 0 Å². The van der Waals surface area contributed by atoms with Crippen LogP contribution in [-0.4, -0.2) is 18.3 Å². The van der Waals surface area contributed by atoms with E-state index in [0.717, 1.165) is 13.2 Å². The van der Waals surface area contributed by atoms with Gasteiger partial charge in [-0.2, -0.15) is 0 Å². The molecule has 49 heavy (non-hydrogen) atoms. The molecule has 1 aliphatic carbocycles. The van der Waals surface area contributed by atoms with Crippen LogP contribution in [0.4, 0.5) is 17.1 Å². The number of para-hydroxylation sites is 3. The molecule has 0 N–H and O–H groups in total. The molecule has 0 radical (unpaired) electrons. The predicted octanol–water partition coefficient (Wildman–Crippen LogP) is 10.8. The van der Waals surface area contributed by atoms with Crippen LogP contribution in [0, 0.1) is 0 Å². The Kier molecular flexibility index (Phi) is 6.13. The largest absolute Gasteiger partial charge is 0.355 e. The number of rotatable bonds is 5. The summed E-state index contributed by atoms with van der Waals surface area (Å²) in [5, 5.41) is 2.58. The van der Waals surface area contributed by atoms with E-state index in [9.17, 15) is 0 Å². The molecule has 3 heteroatoms. The van der Waals surface area contributed by atoms with E-state index in [0.29, 0.717) is 0 Å². The molecule has 0 unspecified atom stereocenters. The van der Waals surface area contributed by atoms with E-state index in [4.69, 9.17) is 0 Å². The first kappa shape index (κ1) is 28.0. The fourth-order valence-electron chi connectivity index (χ4n) is 8.75. The first-order valence-electron chi connectivity index (χ1n) is 17.1. The minimum atomic E-state index is -0.495. The second-order valence-electron chi connectivity index (χ2n) is 13.5. The molecule has 234 valence electrons. The predicted molar refractivity (Wildman–Crippen MR) is 204 cm³/mol. The molecule has 10 rings (SSSR count). The molecule has 0 saturated heterocycles. The molecule has 8 aromatic rings. The van der Waals surface area contributed by atoms with Gasteiger partial charge in [0.2, 0.25) is 0 Å². The van der Waals surface area contributed by atoms with Crippen molar-refractivity contribution < 1.29 is 0 Å². The SMILES string of the molecule is CN1CN(c2cccc(C3(c4ccc5c(c4)c4ccccc4n5Cc4ccccc4)c4ccccc4-c4ccccc43)c2)c2ccccc21. The fourth-order valence-corrected chi connectivity index (χ4v) is 8.75. The van der Waals surface area contributed by atoms with Gasteiger partial charge >= 0.3 is 0 Å². The molecule has 0 atom stereocenters. The Balaban J connectivity index is 1.24. The van der Waals surface area contributed by atoms with Gasteiger partial charge in [0.05, 0.1) is 23.5 Å². The molecule has 2 aliphatic rings. The van der Waals surface area contributed by atoms with E-state index in [-0.39, 0.29) is 0 Å². The van der Waals surface area contributed by atoms with Crippen molar-refractivity contribution in [3.8, 4) is 11.1 Å². The van der Waals surface area contributed by atoms with Crippen LogP contribution in [0.15, 0.2) is 170 Å². The van der Waals surface area contributed by atoms with Gasteiger partial charge in [0.15, 0.2) is 0 Å². The van der Waals surface area contributed by atoms with Crippen molar-refractivity contribution in [1.29, 1.82) is 0 Å². The number of hydrogen-bond acceptors (Lipinski definition) is 2. The Hall–Kier alpha value is -6.06. The van der Waals surface area contributed by atoms with Crippen LogP contribution in [0.5, 0.6) is 0 Å². The van der Waals surface area contributed by atoms with Gasteiger partial charge in [-0.05, 0) is 81.4 Å². The maximum atomic E-state index is 2.49. The van der Waals surface area contributed by atoms with Crippen LogP contribution in [-0.2, 0) is 12.0 Å². The highest BCUT2D eigenvalue weighted by molar-refractivity contribution is 6.08. The molecule has 1 aliphatic heterocycles. The van der Waals surface area contributed by atoms with Gasteiger partial charge in [0.25, 0.3) is 0 Å². The first-order chi connectivity index (χ1) is 24.2. The average molecular weight is 630 g/mol. The number of hydrogen-bond donors (Lipinski definition) is 0. The van der Waals surface area contributed by atoms with Crippen LogP contribution in [0.2, 0.25) is 0 Å². The van der Waals surface area contributed by atoms with Crippen molar-refractivity contribution in [2.45, 2.75) is 12.0 Å². The fraction of sp³-hybridized carbons (Fsp3) is 0.0870. The molecule has 7 aromatic carbocycles. The Morgan fingerprint density at radius 2 is 1.14 bits per heavy atom. The number of anilines is 3. The van der Waals surface area contributed by atoms with Gasteiger partial charge in [-0.1, -0.05) is 127 Å². The summed E-state index contributed by atoms with van der Waals surface area (Å²) < 4.78 is 2.48. The van der Waals surface area contributed by atoms with Crippen LogP contribution in [0.1, 0.15) is 27.8 Å². The zero-order chi connectivity index (χ0) is 32.5. The minimum Gasteiger partial charge on any atom is -0.355 e. The molecule has 0 spiro atoms. The summed E-state index contributed by atoms with van der Waals surface area (Å²) in [6.07, 6.45) is 0. The molecule has 0 bridgehead atoms. The van der Waals surface area contributed by atoms with Gasteiger partial charge in [0.1, 0.15) is 0 Å². The molecular formula is C46H35N3. The van der Waals surface area contributed by atoms with Gasteiger partial charge in [-0.3, -0.25) is 0 Å². The molecular weight excluding hydrogens is 595 g/mol. The third-order valence-electron chi connectivity index (χ3n) is 10.9. The Labute approximate surface area is 286 Å². The lowest BCUT2D eigenvalue weighted by Crippen LogP contribution is -2.29. The summed E-state index contributed by atoms with van der Waals surface area (Å²) in [5.41, 5.74) is 14.9. The molecule has 0 saturated carbocycles. The van der Waals surface area contributed by atoms with Crippen LogP contribution < -0.4 is 9.80 Å². The van der Waals surface area contributed by atoms with E-state index in [2.05, 4.69) is 191 Å². The summed E-state index contributed by atoms with van der Waals surface area (Å²) in [6, 6.07) is 63.0. The Morgan fingerprint density at radius 1 is 0.510 bits per heavy atom. The molecule has 0 fully saturated rings. The normalized spacial score (nSPS) is 14.3. The monoisotopic (exact) mass is 629 g/mol. The summed E-state index contributed by atoms with van der Waals surface area (Å²) in [7, 11) is 2.18. The topological polar surface area (TPSA) is 11.4 Å². The van der Waals surface area contributed by atoms with Gasteiger partial charge < -0.3 is 14.4 Å². The van der Waals surface area contributed by atoms with Crippen molar-refractivity contribution in [1.82, 2.24) is 4.57 Å². The van der Waals surface area contributed by atoms with E-state index >= 15 is 0 Å². The summed E-state index contributed by atoms with van der Waals surface area (Å²) in [6.45, 7) is 1.64. The van der Waals surface area contributed by atoms with Gasteiger partial charge in [-0.25, -0.2) is 0 Å². The number of fused-ring (bicyclic) bond motifs is 7. The third kappa shape index (κ3) is 4.02. The van der Waals surface area contributed by atoms with Gasteiger partial charge in [-0.15, -0.1) is 0 Å². The van der Waals surface area contributed by atoms with Crippen molar-refractivity contribution in [2.24, 2.45) is 0 Å². The van der Waals surface area contributed by atoms with Crippen molar-refractivity contribution >= 4 is 38.9 Å². The summed E-state index contributed by atoms with van der Waals surface area (Å²) in [4.78, 5) is 4.77. The second kappa shape index (κ2) is 10.7. The summed E-state index contributed by atoms with van der Waals surface area (Å²) >= 11 is 0. The Bertz CT molecular complexity index is 2500. The molecule has 2 heterocycles. The van der Waals surface area contributed by atoms with E-state index in [1.54, 1.807) is 0 Å². The van der Waals surface area contributed by atoms with Gasteiger partial charge in [0, 0.05) is 41.1 Å². The summed E-state index contributed by atoms with van der Waals surface area (Å²) in [5.74, 6) is 0. The standard InChI is InChI=1S/C46H35N3/c1-47-31-49(45-25-12-11-24-44(45)47)35-17-13-16-33(28-35)46(40-21-8-5-18-36(40)37-19-6-9-22-41(37)46)34-26-27-43-39(29-34)38-20-7-10-23-42(38)48(43)30-32-14-3-2-4-15-32/h2-29H,30-31H2,1H3. The lowest BCUT2D eigenvalue weighted by atomic mass is 9.67. The maximum Gasteiger partial charge on any atom is 0.0950 e.